The van der Waals surface area contributed by atoms with E-state index in [9.17, 15) is 0 Å². The molecule has 0 saturated carbocycles. The Kier molecular flexibility index (Phi) is 5.60. The highest BCUT2D eigenvalue weighted by atomic mass is 15.4. The Hall–Kier alpha value is -3.15. The summed E-state index contributed by atoms with van der Waals surface area (Å²) < 4.78 is 0. The summed E-state index contributed by atoms with van der Waals surface area (Å²) in [6.45, 7) is 10.2. The predicted octanol–water partition coefficient (Wildman–Crippen LogP) is 4.37. The van der Waals surface area contributed by atoms with Gasteiger partial charge in [0.2, 0.25) is 5.95 Å². The summed E-state index contributed by atoms with van der Waals surface area (Å²) in [6, 6.07) is 16.9. The fourth-order valence-corrected chi connectivity index (χ4v) is 3.76. The van der Waals surface area contributed by atoms with Gasteiger partial charge in [0.15, 0.2) is 5.82 Å². The lowest BCUT2D eigenvalue weighted by Gasteiger charge is -2.35. The number of aryl methyl sites for hydroxylation is 1. The summed E-state index contributed by atoms with van der Waals surface area (Å²) in [5.74, 6) is 1.84. The monoisotopic (exact) mass is 388 g/mol. The third kappa shape index (κ3) is 4.31. The lowest BCUT2D eigenvalue weighted by molar-refractivity contribution is 0.635. The Morgan fingerprint density at radius 3 is 2.34 bits per heavy atom. The molecule has 29 heavy (non-hydrogen) atoms. The summed E-state index contributed by atoms with van der Waals surface area (Å²) in [5.41, 5.74) is 4.86. The molecule has 0 spiro atoms. The summed E-state index contributed by atoms with van der Waals surface area (Å²) in [6.07, 6.45) is 1.69. The predicted molar refractivity (Wildman–Crippen MR) is 119 cm³/mol. The van der Waals surface area contributed by atoms with Crippen LogP contribution >= 0.6 is 0 Å². The van der Waals surface area contributed by atoms with Crippen LogP contribution in [0.5, 0.6) is 0 Å². The van der Waals surface area contributed by atoms with Crippen molar-refractivity contribution in [3.63, 3.8) is 0 Å². The van der Waals surface area contributed by atoms with E-state index < -0.39 is 0 Å². The first-order chi connectivity index (χ1) is 14.1. The molecule has 2 aromatic carbocycles. The largest absolute Gasteiger partial charge is 0.368 e. The minimum absolute atomic E-state index is 0.428. The van der Waals surface area contributed by atoms with Crippen LogP contribution < -0.4 is 15.1 Å². The van der Waals surface area contributed by atoms with Gasteiger partial charge in [0, 0.05) is 37.6 Å². The average molecular weight is 389 g/mol. The van der Waals surface area contributed by atoms with E-state index in [0.29, 0.717) is 11.9 Å². The maximum atomic E-state index is 4.75. The van der Waals surface area contributed by atoms with Gasteiger partial charge in [0.1, 0.15) is 0 Å². The fourth-order valence-electron chi connectivity index (χ4n) is 3.76. The van der Waals surface area contributed by atoms with Gasteiger partial charge in [0.25, 0.3) is 0 Å². The lowest BCUT2D eigenvalue weighted by atomic mass is 9.98. The quantitative estimate of drug-likeness (QED) is 0.700. The highest BCUT2D eigenvalue weighted by Gasteiger charge is 2.20. The van der Waals surface area contributed by atoms with Crippen molar-refractivity contribution in [3.05, 3.63) is 65.9 Å². The highest BCUT2D eigenvalue weighted by molar-refractivity contribution is 5.65. The van der Waals surface area contributed by atoms with Crippen molar-refractivity contribution in [2.75, 3.05) is 41.3 Å². The first kappa shape index (κ1) is 19.2. The molecule has 4 rings (SSSR count). The molecule has 0 bridgehead atoms. The maximum absolute atomic E-state index is 4.75. The number of piperazine rings is 1. The second kappa shape index (κ2) is 8.47. The molecular formula is C23H28N6. The number of hydrogen-bond acceptors (Lipinski definition) is 6. The minimum Gasteiger partial charge on any atom is -0.368 e. The molecule has 150 valence electrons. The molecule has 1 aliphatic heterocycles. The summed E-state index contributed by atoms with van der Waals surface area (Å²) in [4.78, 5) is 9.36. The topological polar surface area (TPSA) is 57.2 Å². The van der Waals surface area contributed by atoms with Gasteiger partial charge in [-0.25, -0.2) is 0 Å². The molecule has 6 heteroatoms. The summed E-state index contributed by atoms with van der Waals surface area (Å²) in [7, 11) is 0. The molecular weight excluding hydrogens is 360 g/mol. The van der Waals surface area contributed by atoms with Gasteiger partial charge in [-0.05, 0) is 36.1 Å². The minimum atomic E-state index is 0.428. The van der Waals surface area contributed by atoms with Crippen LogP contribution in [0, 0.1) is 6.92 Å². The second-order valence-corrected chi connectivity index (χ2v) is 7.77. The molecule has 3 aromatic rings. The van der Waals surface area contributed by atoms with Gasteiger partial charge < -0.3 is 15.1 Å². The number of anilines is 4. The van der Waals surface area contributed by atoms with E-state index in [4.69, 9.17) is 4.98 Å². The molecule has 6 nitrogen and oxygen atoms in total. The van der Waals surface area contributed by atoms with E-state index in [2.05, 4.69) is 94.6 Å². The smallest absolute Gasteiger partial charge is 0.247 e. The molecule has 1 fully saturated rings. The molecule has 0 aliphatic carbocycles. The van der Waals surface area contributed by atoms with Crippen molar-refractivity contribution in [2.24, 2.45) is 0 Å². The van der Waals surface area contributed by atoms with Crippen LogP contribution in [0.25, 0.3) is 0 Å². The SMILES string of the molecule is Cc1cccc(C(C)C)c1Nc1cnnc(N2CCN(c3ccccc3)CC2)n1. The standard InChI is InChI=1S/C23H28N6/c1-17(2)20-11-7-8-18(3)22(20)25-21-16-24-27-23(26-21)29-14-12-28(13-15-29)19-9-5-4-6-10-19/h4-11,16-17H,12-15H2,1-3H3,(H,25,26,27). The number of hydrogen-bond donors (Lipinski definition) is 1. The van der Waals surface area contributed by atoms with E-state index in [1.807, 2.05) is 0 Å². The third-order valence-electron chi connectivity index (χ3n) is 5.41. The molecule has 0 amide bonds. The number of nitrogens with one attached hydrogen (secondary N) is 1. The van der Waals surface area contributed by atoms with Crippen LogP contribution in [-0.4, -0.2) is 41.4 Å². The van der Waals surface area contributed by atoms with Crippen LogP contribution in [-0.2, 0) is 0 Å². The Balaban J connectivity index is 1.48. The number of nitrogens with zero attached hydrogens (tertiary/aromatic N) is 5. The van der Waals surface area contributed by atoms with Gasteiger partial charge in [-0.2, -0.15) is 10.1 Å². The third-order valence-corrected chi connectivity index (χ3v) is 5.41. The zero-order chi connectivity index (χ0) is 20.2. The van der Waals surface area contributed by atoms with E-state index in [-0.39, 0.29) is 0 Å². The van der Waals surface area contributed by atoms with Crippen LogP contribution in [0.1, 0.15) is 30.9 Å². The number of benzene rings is 2. The van der Waals surface area contributed by atoms with Crippen LogP contribution in [0.15, 0.2) is 54.7 Å². The van der Waals surface area contributed by atoms with Crippen molar-refractivity contribution in [1.29, 1.82) is 0 Å². The van der Waals surface area contributed by atoms with E-state index >= 15 is 0 Å². The Labute approximate surface area is 172 Å². The number of para-hydroxylation sites is 2. The normalized spacial score (nSPS) is 14.3. The lowest BCUT2D eigenvalue weighted by Crippen LogP contribution is -2.47. The molecule has 0 atom stereocenters. The Morgan fingerprint density at radius 2 is 1.62 bits per heavy atom. The van der Waals surface area contributed by atoms with Crippen molar-refractivity contribution >= 4 is 23.1 Å². The van der Waals surface area contributed by atoms with E-state index in [1.165, 1.54) is 16.8 Å². The average Bonchev–Trinajstić information content (AvgIpc) is 2.76. The first-order valence-corrected chi connectivity index (χ1v) is 10.2. The number of aromatic nitrogens is 3. The van der Waals surface area contributed by atoms with Crippen molar-refractivity contribution in [1.82, 2.24) is 15.2 Å². The van der Waals surface area contributed by atoms with Gasteiger partial charge in [0.05, 0.1) is 6.20 Å². The van der Waals surface area contributed by atoms with Crippen LogP contribution in [0.4, 0.5) is 23.1 Å². The van der Waals surface area contributed by atoms with Crippen LogP contribution in [0.2, 0.25) is 0 Å². The van der Waals surface area contributed by atoms with Gasteiger partial charge >= 0.3 is 0 Å². The van der Waals surface area contributed by atoms with Crippen LogP contribution in [0.3, 0.4) is 0 Å². The number of rotatable bonds is 5. The molecule has 1 aromatic heterocycles. The molecule has 1 aliphatic rings. The molecule has 2 heterocycles. The molecule has 0 radical (unpaired) electrons. The maximum Gasteiger partial charge on any atom is 0.247 e. The Bertz CT molecular complexity index is 949. The Morgan fingerprint density at radius 1 is 0.897 bits per heavy atom. The summed E-state index contributed by atoms with van der Waals surface area (Å²) in [5, 5.41) is 12.0. The highest BCUT2D eigenvalue weighted by Crippen LogP contribution is 2.30. The molecule has 1 N–H and O–H groups in total. The first-order valence-electron chi connectivity index (χ1n) is 10.2. The van der Waals surface area contributed by atoms with Gasteiger partial charge in [-0.15, -0.1) is 5.10 Å². The summed E-state index contributed by atoms with van der Waals surface area (Å²) >= 11 is 0. The van der Waals surface area contributed by atoms with Crippen molar-refractivity contribution < 1.29 is 0 Å². The van der Waals surface area contributed by atoms with Crippen molar-refractivity contribution in [2.45, 2.75) is 26.7 Å². The van der Waals surface area contributed by atoms with E-state index in [0.717, 1.165) is 37.7 Å². The van der Waals surface area contributed by atoms with Gasteiger partial charge in [-0.1, -0.05) is 50.2 Å². The zero-order valence-corrected chi connectivity index (χ0v) is 17.3. The van der Waals surface area contributed by atoms with Gasteiger partial charge in [-0.3, -0.25) is 0 Å². The second-order valence-electron chi connectivity index (χ2n) is 7.77. The van der Waals surface area contributed by atoms with Crippen molar-refractivity contribution in [3.8, 4) is 0 Å². The molecule has 0 unspecified atom stereocenters. The van der Waals surface area contributed by atoms with E-state index in [1.54, 1.807) is 6.20 Å². The molecule has 1 saturated heterocycles. The fraction of sp³-hybridized carbons (Fsp3) is 0.348. The zero-order valence-electron chi connectivity index (χ0n) is 17.3.